The third-order valence-corrected chi connectivity index (χ3v) is 7.39. The molecule has 1 aliphatic carbocycles. The van der Waals surface area contributed by atoms with Crippen molar-refractivity contribution in [1.29, 1.82) is 0 Å². The molecule has 1 heterocycles. The summed E-state index contributed by atoms with van der Waals surface area (Å²) in [6, 6.07) is 2.32. The van der Waals surface area contributed by atoms with Crippen LogP contribution in [0.5, 0.6) is 5.75 Å². The first kappa shape index (κ1) is 24.2. The largest absolute Gasteiger partial charge is 0.483 e. The minimum atomic E-state index is -1.07. The average molecular weight is 459 g/mol. The zero-order valence-corrected chi connectivity index (χ0v) is 18.9. The van der Waals surface area contributed by atoms with E-state index < -0.39 is 22.6 Å². The number of carbonyl (C=O) groups is 1. The van der Waals surface area contributed by atoms with Gasteiger partial charge in [-0.1, -0.05) is 0 Å². The van der Waals surface area contributed by atoms with Gasteiger partial charge in [-0.2, -0.15) is 0 Å². The van der Waals surface area contributed by atoms with Gasteiger partial charge in [-0.05, 0) is 64.5 Å². The lowest BCUT2D eigenvalue weighted by Crippen LogP contribution is -2.46. The molecule has 0 radical (unpaired) electrons. The Bertz CT molecular complexity index is 772. The van der Waals surface area contributed by atoms with Gasteiger partial charge in [0.15, 0.2) is 17.9 Å². The van der Waals surface area contributed by atoms with E-state index in [2.05, 4.69) is 10.0 Å². The maximum absolute atomic E-state index is 14.2. The smallest absolute Gasteiger partial charge is 0.168 e. The Hall–Kier alpha value is -1.42. The predicted molar refractivity (Wildman–Crippen MR) is 115 cm³/mol. The van der Waals surface area contributed by atoms with Gasteiger partial charge in [0.2, 0.25) is 0 Å². The van der Waals surface area contributed by atoms with E-state index >= 15 is 0 Å². The monoisotopic (exact) mass is 458 g/mol. The van der Waals surface area contributed by atoms with Crippen LogP contribution in [0.1, 0.15) is 57.4 Å². The molecule has 2 aliphatic rings. The summed E-state index contributed by atoms with van der Waals surface area (Å²) in [5.74, 6) is -1.49. The van der Waals surface area contributed by atoms with E-state index in [1.807, 2.05) is 13.8 Å². The summed E-state index contributed by atoms with van der Waals surface area (Å²) in [5, 5.41) is 3.48. The fourth-order valence-electron chi connectivity index (χ4n) is 4.30. The third-order valence-electron chi connectivity index (χ3n) is 6.00. The molecule has 1 aromatic carbocycles. The minimum absolute atomic E-state index is 0.0277. The van der Waals surface area contributed by atoms with E-state index in [0.717, 1.165) is 44.7 Å². The highest BCUT2D eigenvalue weighted by Crippen LogP contribution is 2.40. The van der Waals surface area contributed by atoms with Gasteiger partial charge in [-0.3, -0.25) is 4.79 Å². The molecule has 174 valence electrons. The van der Waals surface area contributed by atoms with E-state index in [1.165, 1.54) is 6.07 Å². The van der Waals surface area contributed by atoms with E-state index in [-0.39, 0.29) is 41.7 Å². The van der Waals surface area contributed by atoms with Crippen LogP contribution in [0.3, 0.4) is 0 Å². The van der Waals surface area contributed by atoms with Crippen molar-refractivity contribution in [2.24, 2.45) is 0 Å². The van der Waals surface area contributed by atoms with Gasteiger partial charge in [-0.25, -0.2) is 17.7 Å². The lowest BCUT2D eigenvalue weighted by atomic mass is 9.82. The van der Waals surface area contributed by atoms with E-state index in [1.54, 1.807) is 0 Å². The van der Waals surface area contributed by atoms with Crippen LogP contribution in [0.2, 0.25) is 0 Å². The van der Waals surface area contributed by atoms with Crippen molar-refractivity contribution in [2.75, 3.05) is 19.8 Å². The van der Waals surface area contributed by atoms with Gasteiger partial charge >= 0.3 is 0 Å². The second-order valence-corrected chi connectivity index (χ2v) is 10.3. The maximum atomic E-state index is 14.2. The predicted octanol–water partition coefficient (Wildman–Crippen LogP) is 2.98. The molecule has 9 heteroatoms. The quantitative estimate of drug-likeness (QED) is 0.527. The van der Waals surface area contributed by atoms with Gasteiger partial charge < -0.3 is 14.8 Å². The molecule has 1 aliphatic heterocycles. The van der Waals surface area contributed by atoms with E-state index in [9.17, 15) is 17.8 Å². The SMILES string of the molecule is CC(C)S(=O)NC1CCNC1COC1CCC(c2cc(F)cc(F)c2OCC=O)CC1. The molecule has 2 fully saturated rings. The van der Waals surface area contributed by atoms with Gasteiger partial charge in [0.05, 0.1) is 23.7 Å². The average Bonchev–Trinajstić information content (AvgIpc) is 3.18. The van der Waals surface area contributed by atoms with Crippen molar-refractivity contribution in [3.63, 3.8) is 0 Å². The molecule has 1 aromatic rings. The highest BCUT2D eigenvalue weighted by Gasteiger charge is 2.31. The molecule has 3 unspecified atom stereocenters. The number of aldehydes is 1. The van der Waals surface area contributed by atoms with Crippen molar-refractivity contribution >= 4 is 17.3 Å². The van der Waals surface area contributed by atoms with Gasteiger partial charge in [0, 0.05) is 29.0 Å². The van der Waals surface area contributed by atoms with Crippen molar-refractivity contribution in [3.8, 4) is 5.75 Å². The normalized spacial score (nSPS) is 27.4. The number of rotatable bonds is 10. The first-order valence-electron chi connectivity index (χ1n) is 11.0. The number of ether oxygens (including phenoxy) is 2. The lowest BCUT2D eigenvalue weighted by Gasteiger charge is -2.31. The first-order valence-corrected chi connectivity index (χ1v) is 12.2. The number of halogens is 2. The summed E-state index contributed by atoms with van der Waals surface area (Å²) in [6.45, 7) is 4.98. The number of hydrogen-bond donors (Lipinski definition) is 2. The first-order chi connectivity index (χ1) is 14.9. The van der Waals surface area contributed by atoms with Crippen LogP contribution in [-0.4, -0.2) is 53.7 Å². The molecule has 1 saturated heterocycles. The molecular weight excluding hydrogens is 426 g/mol. The second kappa shape index (κ2) is 11.4. The highest BCUT2D eigenvalue weighted by atomic mass is 32.2. The number of nitrogens with one attached hydrogen (secondary N) is 2. The van der Waals surface area contributed by atoms with Gasteiger partial charge in [0.25, 0.3) is 0 Å². The fraction of sp³-hybridized carbons (Fsp3) is 0.682. The molecule has 3 rings (SSSR count). The zero-order valence-electron chi connectivity index (χ0n) is 18.1. The summed E-state index contributed by atoms with van der Waals surface area (Å²) in [5.41, 5.74) is 0.482. The molecule has 3 atom stereocenters. The highest BCUT2D eigenvalue weighted by molar-refractivity contribution is 7.83. The third kappa shape index (κ3) is 6.54. The maximum Gasteiger partial charge on any atom is 0.168 e. The summed E-state index contributed by atoms with van der Waals surface area (Å²) >= 11 is 0. The summed E-state index contributed by atoms with van der Waals surface area (Å²) in [7, 11) is -1.07. The molecule has 0 amide bonds. The van der Waals surface area contributed by atoms with Crippen LogP contribution in [0, 0.1) is 11.6 Å². The van der Waals surface area contributed by atoms with Crippen LogP contribution in [0.15, 0.2) is 12.1 Å². The van der Waals surface area contributed by atoms with Crippen molar-refractivity contribution in [3.05, 3.63) is 29.3 Å². The van der Waals surface area contributed by atoms with Crippen molar-refractivity contribution in [1.82, 2.24) is 10.0 Å². The Morgan fingerprint density at radius 1 is 1.23 bits per heavy atom. The Morgan fingerprint density at radius 3 is 2.65 bits per heavy atom. The van der Waals surface area contributed by atoms with Gasteiger partial charge in [-0.15, -0.1) is 0 Å². The molecule has 0 bridgehead atoms. The summed E-state index contributed by atoms with van der Waals surface area (Å²) < 4.78 is 54.7. The second-order valence-electron chi connectivity index (χ2n) is 8.51. The Kier molecular flexibility index (Phi) is 8.95. The fourth-order valence-corrected chi connectivity index (χ4v) is 5.16. The Morgan fingerprint density at radius 2 is 1.97 bits per heavy atom. The van der Waals surface area contributed by atoms with Gasteiger partial charge in [0.1, 0.15) is 12.4 Å². The lowest BCUT2D eigenvalue weighted by molar-refractivity contribution is -0.109. The molecule has 6 nitrogen and oxygen atoms in total. The molecule has 0 aromatic heterocycles. The number of hydrogen-bond acceptors (Lipinski definition) is 5. The zero-order chi connectivity index (χ0) is 22.4. The molecule has 2 N–H and O–H groups in total. The minimum Gasteiger partial charge on any atom is -0.483 e. The Labute approximate surface area is 185 Å². The number of benzene rings is 1. The molecular formula is C22H32F2N2O4S. The topological polar surface area (TPSA) is 76.7 Å². The van der Waals surface area contributed by atoms with E-state index in [0.29, 0.717) is 18.5 Å². The molecule has 1 saturated carbocycles. The Balaban J connectivity index is 1.52. The standard InChI is InChI=1S/C22H32F2N2O4S/c1-14(2)31(28)26-20-7-8-25-21(20)13-30-17-5-3-15(4-6-17)18-11-16(23)12-19(24)22(18)29-10-9-27/h9,11-12,14-15,17,20-21,25-26H,3-8,10,13H2,1-2H3. The van der Waals surface area contributed by atoms with Crippen LogP contribution in [0.4, 0.5) is 8.78 Å². The van der Waals surface area contributed by atoms with Crippen molar-refractivity contribution < 1.29 is 27.3 Å². The molecule has 31 heavy (non-hydrogen) atoms. The van der Waals surface area contributed by atoms with Crippen LogP contribution in [-0.2, 0) is 20.5 Å². The molecule has 0 spiro atoms. The van der Waals surface area contributed by atoms with Crippen LogP contribution < -0.4 is 14.8 Å². The summed E-state index contributed by atoms with van der Waals surface area (Å²) in [6.07, 6.45) is 4.54. The van der Waals surface area contributed by atoms with Crippen molar-refractivity contribution in [2.45, 2.75) is 75.3 Å². The van der Waals surface area contributed by atoms with Crippen LogP contribution >= 0.6 is 0 Å². The summed E-state index contributed by atoms with van der Waals surface area (Å²) in [4.78, 5) is 10.6. The van der Waals surface area contributed by atoms with E-state index in [4.69, 9.17) is 9.47 Å². The number of carbonyl (C=O) groups excluding carboxylic acids is 1. The van der Waals surface area contributed by atoms with Crippen LogP contribution in [0.25, 0.3) is 0 Å².